The minimum Gasteiger partial charge on any atom is -0.508 e. The quantitative estimate of drug-likeness (QED) is 0.806. The molecule has 2 nitrogen and oxygen atoms in total. The van der Waals surface area contributed by atoms with Crippen molar-refractivity contribution in [2.75, 3.05) is 0 Å². The molecule has 1 aromatic rings. The lowest BCUT2D eigenvalue weighted by Gasteiger charge is -2.19. The first-order valence-corrected chi connectivity index (χ1v) is 8.86. The lowest BCUT2D eigenvalue weighted by Crippen LogP contribution is -2.28. The predicted molar refractivity (Wildman–Crippen MR) is 89.5 cm³/mol. The van der Waals surface area contributed by atoms with Crippen LogP contribution >= 0.6 is 0 Å². The maximum absolute atomic E-state index is 9.33. The second kappa shape index (κ2) is 9.83. The molecule has 0 bridgehead atoms. The molecule has 0 unspecified atom stereocenters. The van der Waals surface area contributed by atoms with Crippen LogP contribution in [0.1, 0.15) is 76.2 Å². The third-order valence-corrected chi connectivity index (χ3v) is 4.64. The van der Waals surface area contributed by atoms with E-state index in [9.17, 15) is 5.11 Å². The zero-order chi connectivity index (χ0) is 14.8. The van der Waals surface area contributed by atoms with Crippen LogP contribution in [0.2, 0.25) is 0 Å². The van der Waals surface area contributed by atoms with E-state index >= 15 is 0 Å². The van der Waals surface area contributed by atoms with Crippen molar-refractivity contribution in [1.29, 1.82) is 0 Å². The van der Waals surface area contributed by atoms with E-state index in [0.29, 0.717) is 11.8 Å². The summed E-state index contributed by atoms with van der Waals surface area (Å²) in [4.78, 5) is 0. The van der Waals surface area contributed by atoms with Crippen molar-refractivity contribution in [1.82, 2.24) is 5.32 Å². The van der Waals surface area contributed by atoms with Crippen LogP contribution in [0.5, 0.6) is 5.75 Å². The van der Waals surface area contributed by atoms with Crippen LogP contribution in [0, 0.1) is 0 Å². The smallest absolute Gasteiger partial charge is 0.115 e. The van der Waals surface area contributed by atoms with Gasteiger partial charge in [0.2, 0.25) is 0 Å². The Labute approximate surface area is 130 Å². The van der Waals surface area contributed by atoms with Crippen LogP contribution in [-0.2, 0) is 6.54 Å². The largest absolute Gasteiger partial charge is 0.508 e. The molecule has 0 amide bonds. The zero-order valence-corrected chi connectivity index (χ0v) is 13.3. The molecule has 0 radical (unpaired) electrons. The molecule has 0 saturated heterocycles. The van der Waals surface area contributed by atoms with E-state index < -0.39 is 0 Å². The van der Waals surface area contributed by atoms with E-state index in [1.807, 2.05) is 12.1 Å². The summed E-state index contributed by atoms with van der Waals surface area (Å²) in [6, 6.07) is 8.24. The molecule has 0 aliphatic heterocycles. The standard InChI is InChI=1S/C19H31NO/c21-19-14-12-17(13-15-19)16-20-18-10-8-6-4-2-1-3-5-7-9-11-18/h12-15,18,20-21H,1-11,16H2. The highest BCUT2D eigenvalue weighted by atomic mass is 16.3. The first-order chi connectivity index (χ1) is 10.3. The monoisotopic (exact) mass is 289 g/mol. The fraction of sp³-hybridized carbons (Fsp3) is 0.684. The van der Waals surface area contributed by atoms with Crippen LogP contribution in [0.25, 0.3) is 0 Å². The van der Waals surface area contributed by atoms with Gasteiger partial charge in [-0.15, -0.1) is 0 Å². The molecule has 1 aliphatic carbocycles. The first-order valence-electron chi connectivity index (χ1n) is 8.86. The first kappa shape index (κ1) is 16.4. The summed E-state index contributed by atoms with van der Waals surface area (Å²) in [5, 5.41) is 13.1. The average Bonchev–Trinajstić information content (AvgIpc) is 2.48. The van der Waals surface area contributed by atoms with Crippen molar-refractivity contribution < 1.29 is 5.11 Å². The summed E-state index contributed by atoms with van der Waals surface area (Å²) in [5.41, 5.74) is 1.26. The minimum atomic E-state index is 0.352. The molecular formula is C19H31NO. The van der Waals surface area contributed by atoms with Crippen molar-refractivity contribution in [2.24, 2.45) is 0 Å². The molecule has 21 heavy (non-hydrogen) atoms. The van der Waals surface area contributed by atoms with Crippen LogP contribution in [0.4, 0.5) is 0 Å². The van der Waals surface area contributed by atoms with Gasteiger partial charge in [-0.3, -0.25) is 0 Å². The maximum atomic E-state index is 9.33. The number of benzene rings is 1. The van der Waals surface area contributed by atoms with Crippen LogP contribution in [-0.4, -0.2) is 11.1 Å². The fourth-order valence-corrected chi connectivity index (χ4v) is 3.24. The van der Waals surface area contributed by atoms with Crippen molar-refractivity contribution in [3.8, 4) is 5.75 Å². The molecule has 2 heteroatoms. The van der Waals surface area contributed by atoms with E-state index in [-0.39, 0.29) is 0 Å². The maximum Gasteiger partial charge on any atom is 0.115 e. The van der Waals surface area contributed by atoms with Crippen molar-refractivity contribution >= 4 is 0 Å². The molecule has 1 saturated carbocycles. The van der Waals surface area contributed by atoms with Gasteiger partial charge < -0.3 is 10.4 Å². The SMILES string of the molecule is Oc1ccc(CNC2CCCCCCCCCCC2)cc1. The molecular weight excluding hydrogens is 258 g/mol. The van der Waals surface area contributed by atoms with Gasteiger partial charge in [0.05, 0.1) is 0 Å². The van der Waals surface area contributed by atoms with Crippen molar-refractivity contribution in [3.05, 3.63) is 29.8 Å². The minimum absolute atomic E-state index is 0.352. The third kappa shape index (κ3) is 6.99. The molecule has 0 spiro atoms. The molecule has 1 fully saturated rings. The highest BCUT2D eigenvalue weighted by Gasteiger charge is 2.09. The Kier molecular flexibility index (Phi) is 7.66. The molecule has 0 atom stereocenters. The highest BCUT2D eigenvalue weighted by molar-refractivity contribution is 5.25. The summed E-state index contributed by atoms with van der Waals surface area (Å²) < 4.78 is 0. The van der Waals surface area contributed by atoms with Gasteiger partial charge in [-0.2, -0.15) is 0 Å². The van der Waals surface area contributed by atoms with E-state index in [1.165, 1.54) is 76.2 Å². The van der Waals surface area contributed by atoms with E-state index in [2.05, 4.69) is 5.32 Å². The van der Waals surface area contributed by atoms with Crippen molar-refractivity contribution in [3.63, 3.8) is 0 Å². The molecule has 1 aromatic carbocycles. The van der Waals surface area contributed by atoms with Crippen LogP contribution < -0.4 is 5.32 Å². The fourth-order valence-electron chi connectivity index (χ4n) is 3.24. The molecule has 118 valence electrons. The number of nitrogens with one attached hydrogen (secondary N) is 1. The van der Waals surface area contributed by atoms with Gasteiger partial charge in [-0.1, -0.05) is 69.9 Å². The Morgan fingerprint density at radius 1 is 0.762 bits per heavy atom. The van der Waals surface area contributed by atoms with Gasteiger partial charge in [0.15, 0.2) is 0 Å². The normalized spacial score (nSPS) is 19.6. The van der Waals surface area contributed by atoms with Gasteiger partial charge in [-0.25, -0.2) is 0 Å². The Morgan fingerprint density at radius 3 is 1.76 bits per heavy atom. The predicted octanol–water partition coefficient (Wildman–Crippen LogP) is 5.16. The average molecular weight is 289 g/mol. The summed E-state index contributed by atoms with van der Waals surface area (Å²) in [6.45, 7) is 0.922. The number of phenols is 1. The summed E-state index contributed by atoms with van der Waals surface area (Å²) >= 11 is 0. The van der Waals surface area contributed by atoms with Gasteiger partial charge in [0.25, 0.3) is 0 Å². The number of phenolic OH excluding ortho intramolecular Hbond substituents is 1. The lowest BCUT2D eigenvalue weighted by molar-refractivity contribution is 0.403. The molecule has 0 heterocycles. The number of hydrogen-bond donors (Lipinski definition) is 2. The van der Waals surface area contributed by atoms with Crippen LogP contribution in [0.3, 0.4) is 0 Å². The number of aromatic hydroxyl groups is 1. The summed E-state index contributed by atoms with van der Waals surface area (Å²) in [7, 11) is 0. The Morgan fingerprint density at radius 2 is 1.24 bits per heavy atom. The summed E-state index contributed by atoms with van der Waals surface area (Å²) in [5.74, 6) is 0.352. The van der Waals surface area contributed by atoms with E-state index in [1.54, 1.807) is 12.1 Å². The summed E-state index contributed by atoms with van der Waals surface area (Å²) in [6.07, 6.45) is 15.3. The third-order valence-electron chi connectivity index (χ3n) is 4.64. The highest BCUT2D eigenvalue weighted by Crippen LogP contribution is 2.17. The second-order valence-electron chi connectivity index (χ2n) is 6.50. The molecule has 2 N–H and O–H groups in total. The molecule has 1 aliphatic rings. The van der Waals surface area contributed by atoms with Gasteiger partial charge in [0, 0.05) is 12.6 Å². The van der Waals surface area contributed by atoms with Gasteiger partial charge >= 0.3 is 0 Å². The number of rotatable bonds is 3. The van der Waals surface area contributed by atoms with Gasteiger partial charge in [-0.05, 0) is 30.5 Å². The van der Waals surface area contributed by atoms with E-state index in [4.69, 9.17) is 0 Å². The lowest BCUT2D eigenvalue weighted by atomic mass is 9.98. The second-order valence-corrected chi connectivity index (χ2v) is 6.50. The number of hydrogen-bond acceptors (Lipinski definition) is 2. The zero-order valence-electron chi connectivity index (χ0n) is 13.3. The van der Waals surface area contributed by atoms with Gasteiger partial charge in [0.1, 0.15) is 5.75 Å². The Balaban J connectivity index is 1.75. The van der Waals surface area contributed by atoms with E-state index in [0.717, 1.165) is 6.54 Å². The van der Waals surface area contributed by atoms with Crippen LogP contribution in [0.15, 0.2) is 24.3 Å². The molecule has 0 aromatic heterocycles. The topological polar surface area (TPSA) is 32.3 Å². The Hall–Kier alpha value is -1.02. The Bertz CT molecular complexity index is 362. The van der Waals surface area contributed by atoms with Crippen molar-refractivity contribution in [2.45, 2.75) is 83.2 Å². The molecule has 2 rings (SSSR count).